The summed E-state index contributed by atoms with van der Waals surface area (Å²) < 4.78 is 16.4. The molecular weight excluding hydrogens is 260 g/mol. The van der Waals surface area contributed by atoms with Crippen LogP contribution in [0.3, 0.4) is 0 Å². The summed E-state index contributed by atoms with van der Waals surface area (Å²) in [5.41, 5.74) is 1.22. The van der Waals surface area contributed by atoms with E-state index in [0.29, 0.717) is 13.0 Å². The third-order valence-electron chi connectivity index (χ3n) is 3.55. The van der Waals surface area contributed by atoms with E-state index in [0.717, 1.165) is 12.8 Å². The minimum atomic E-state index is -0.746. The molecule has 3 atom stereocenters. The molecule has 0 amide bonds. The molecule has 0 spiro atoms. The van der Waals surface area contributed by atoms with E-state index in [9.17, 15) is 10.2 Å². The molecule has 0 aromatic carbocycles. The van der Waals surface area contributed by atoms with Crippen molar-refractivity contribution in [3.8, 4) is 0 Å². The van der Waals surface area contributed by atoms with E-state index in [1.54, 1.807) is 20.1 Å². The average Bonchev–Trinajstić information content (AvgIpc) is 2.75. The second kappa shape index (κ2) is 6.72. The van der Waals surface area contributed by atoms with Gasteiger partial charge in [0.15, 0.2) is 5.79 Å². The van der Waals surface area contributed by atoms with Crippen molar-refractivity contribution >= 4 is 0 Å². The van der Waals surface area contributed by atoms with E-state index in [-0.39, 0.29) is 6.61 Å². The summed E-state index contributed by atoms with van der Waals surface area (Å²) in [6.45, 7) is 4.06. The Morgan fingerprint density at radius 1 is 1.40 bits per heavy atom. The lowest BCUT2D eigenvalue weighted by Crippen LogP contribution is -2.37. The highest BCUT2D eigenvalue weighted by Gasteiger charge is 2.44. The lowest BCUT2D eigenvalue weighted by atomic mass is 10.0. The monoisotopic (exact) mass is 284 g/mol. The van der Waals surface area contributed by atoms with E-state index in [1.165, 1.54) is 5.57 Å². The van der Waals surface area contributed by atoms with Gasteiger partial charge in [-0.3, -0.25) is 0 Å². The largest absolute Gasteiger partial charge is 0.497 e. The van der Waals surface area contributed by atoms with Crippen LogP contribution in [0.25, 0.3) is 0 Å². The third kappa shape index (κ3) is 4.06. The summed E-state index contributed by atoms with van der Waals surface area (Å²) in [6.07, 6.45) is 6.40. The smallest absolute Gasteiger partial charge is 0.164 e. The van der Waals surface area contributed by atoms with Crippen LogP contribution in [0.2, 0.25) is 0 Å². The maximum atomic E-state index is 10.2. The average molecular weight is 284 g/mol. The van der Waals surface area contributed by atoms with E-state index in [1.807, 2.05) is 12.2 Å². The third-order valence-corrected chi connectivity index (χ3v) is 3.55. The van der Waals surface area contributed by atoms with Gasteiger partial charge in [-0.2, -0.15) is 0 Å². The first-order valence-electron chi connectivity index (χ1n) is 7.12. The molecule has 1 saturated heterocycles. The van der Waals surface area contributed by atoms with Crippen molar-refractivity contribution in [3.63, 3.8) is 0 Å². The lowest BCUT2D eigenvalue weighted by Gasteiger charge is -2.22. The Morgan fingerprint density at radius 3 is 2.85 bits per heavy atom. The van der Waals surface area contributed by atoms with Crippen LogP contribution < -0.4 is 0 Å². The van der Waals surface area contributed by atoms with Crippen LogP contribution in [-0.4, -0.2) is 47.5 Å². The Kier molecular flexibility index (Phi) is 5.21. The number of hydrogen-bond donors (Lipinski definition) is 2. The molecule has 0 radical (unpaired) electrons. The Bertz CT molecular complexity index is 374. The van der Waals surface area contributed by atoms with Gasteiger partial charge in [-0.15, -0.1) is 0 Å². The molecule has 0 aliphatic carbocycles. The highest BCUT2D eigenvalue weighted by atomic mass is 16.8. The van der Waals surface area contributed by atoms with Crippen molar-refractivity contribution in [3.05, 3.63) is 24.0 Å². The fourth-order valence-corrected chi connectivity index (χ4v) is 2.62. The number of aliphatic hydroxyl groups excluding tert-OH is 2. The topological polar surface area (TPSA) is 68.2 Å². The summed E-state index contributed by atoms with van der Waals surface area (Å²) in [6, 6.07) is 0. The first-order chi connectivity index (χ1) is 9.52. The summed E-state index contributed by atoms with van der Waals surface area (Å²) in [7, 11) is 0. The van der Waals surface area contributed by atoms with E-state index < -0.39 is 24.1 Å². The zero-order chi connectivity index (χ0) is 14.6. The van der Waals surface area contributed by atoms with Gasteiger partial charge in [0.05, 0.1) is 19.0 Å². The molecule has 2 rings (SSSR count). The second-order valence-electron chi connectivity index (χ2n) is 5.75. The number of ether oxygens (including phenoxy) is 3. The molecule has 2 aliphatic heterocycles. The highest BCUT2D eigenvalue weighted by molar-refractivity contribution is 5.14. The first kappa shape index (κ1) is 15.5. The molecule has 0 bridgehead atoms. The van der Waals surface area contributed by atoms with Gasteiger partial charge in [0.1, 0.15) is 18.8 Å². The first-order valence-corrected chi connectivity index (χ1v) is 7.12. The zero-order valence-electron chi connectivity index (χ0n) is 12.1. The van der Waals surface area contributed by atoms with Crippen molar-refractivity contribution in [2.45, 2.75) is 57.2 Å². The highest BCUT2D eigenvalue weighted by Crippen LogP contribution is 2.31. The van der Waals surface area contributed by atoms with Crippen molar-refractivity contribution in [2.75, 3.05) is 13.2 Å². The fraction of sp³-hybridized carbons (Fsp3) is 0.733. The molecule has 2 N–H and O–H groups in total. The lowest BCUT2D eigenvalue weighted by molar-refractivity contribution is -0.157. The molecule has 5 nitrogen and oxygen atoms in total. The molecule has 20 heavy (non-hydrogen) atoms. The van der Waals surface area contributed by atoms with Gasteiger partial charge in [-0.25, -0.2) is 0 Å². The fourth-order valence-electron chi connectivity index (χ4n) is 2.62. The molecule has 3 unspecified atom stereocenters. The standard InChI is InChI=1S/C15H24O5/c1-15(2)19-13(9-16)14(20-15)12(17)7-3-5-11-6-4-8-18-10-11/h4,6,8,12-14,16-17H,3,5,7,9-10H2,1-2H3. The number of aliphatic hydroxyl groups is 2. The second-order valence-corrected chi connectivity index (χ2v) is 5.75. The summed E-state index contributed by atoms with van der Waals surface area (Å²) in [5.74, 6) is -0.746. The normalized spacial score (nSPS) is 29.9. The van der Waals surface area contributed by atoms with Crippen molar-refractivity contribution in [1.82, 2.24) is 0 Å². The Balaban J connectivity index is 1.78. The van der Waals surface area contributed by atoms with Gasteiger partial charge in [-0.05, 0) is 44.8 Å². The predicted molar refractivity (Wildman–Crippen MR) is 73.9 cm³/mol. The Labute approximate surface area is 119 Å². The van der Waals surface area contributed by atoms with Gasteiger partial charge < -0.3 is 24.4 Å². The molecule has 0 aromatic rings. The Morgan fingerprint density at radius 2 is 2.20 bits per heavy atom. The van der Waals surface area contributed by atoms with Crippen LogP contribution in [0.15, 0.2) is 24.0 Å². The van der Waals surface area contributed by atoms with Crippen LogP contribution in [0, 0.1) is 0 Å². The van der Waals surface area contributed by atoms with Crippen LogP contribution in [-0.2, 0) is 14.2 Å². The molecule has 2 heterocycles. The minimum Gasteiger partial charge on any atom is -0.497 e. The number of allylic oxidation sites excluding steroid dienone is 2. The van der Waals surface area contributed by atoms with E-state index in [2.05, 4.69) is 0 Å². The SMILES string of the molecule is CC1(C)OC(CO)C(C(O)CCCC2=CC=COC2)O1. The van der Waals surface area contributed by atoms with Gasteiger partial charge in [0, 0.05) is 0 Å². The molecule has 5 heteroatoms. The van der Waals surface area contributed by atoms with Crippen molar-refractivity contribution in [2.24, 2.45) is 0 Å². The van der Waals surface area contributed by atoms with Gasteiger partial charge in [0.2, 0.25) is 0 Å². The summed E-state index contributed by atoms with van der Waals surface area (Å²) in [5, 5.41) is 19.5. The van der Waals surface area contributed by atoms with E-state index >= 15 is 0 Å². The number of hydrogen-bond acceptors (Lipinski definition) is 5. The van der Waals surface area contributed by atoms with Gasteiger partial charge >= 0.3 is 0 Å². The molecule has 0 saturated carbocycles. The molecule has 2 aliphatic rings. The quantitative estimate of drug-likeness (QED) is 0.773. The van der Waals surface area contributed by atoms with Crippen LogP contribution in [0.5, 0.6) is 0 Å². The van der Waals surface area contributed by atoms with Crippen LogP contribution in [0.1, 0.15) is 33.1 Å². The van der Waals surface area contributed by atoms with Crippen LogP contribution >= 0.6 is 0 Å². The summed E-state index contributed by atoms with van der Waals surface area (Å²) >= 11 is 0. The molecular formula is C15H24O5. The summed E-state index contributed by atoms with van der Waals surface area (Å²) in [4.78, 5) is 0. The number of rotatable bonds is 6. The van der Waals surface area contributed by atoms with Crippen LogP contribution in [0.4, 0.5) is 0 Å². The van der Waals surface area contributed by atoms with Crippen molar-refractivity contribution < 1.29 is 24.4 Å². The van der Waals surface area contributed by atoms with Gasteiger partial charge in [0.25, 0.3) is 0 Å². The molecule has 114 valence electrons. The van der Waals surface area contributed by atoms with E-state index in [4.69, 9.17) is 14.2 Å². The Hall–Kier alpha value is -0.880. The molecule has 1 fully saturated rings. The maximum absolute atomic E-state index is 10.2. The molecule has 0 aromatic heterocycles. The zero-order valence-corrected chi connectivity index (χ0v) is 12.1. The maximum Gasteiger partial charge on any atom is 0.164 e. The van der Waals surface area contributed by atoms with Gasteiger partial charge in [-0.1, -0.05) is 6.08 Å². The predicted octanol–water partition coefficient (Wildman–Crippen LogP) is 1.50. The minimum absolute atomic E-state index is 0.144. The van der Waals surface area contributed by atoms with Crippen molar-refractivity contribution in [1.29, 1.82) is 0 Å².